The molecule has 8 nitrogen and oxygen atoms in total. The van der Waals surface area contributed by atoms with Crippen molar-refractivity contribution < 1.29 is 23.5 Å². The van der Waals surface area contributed by atoms with Gasteiger partial charge in [-0.1, -0.05) is 31.3 Å². The van der Waals surface area contributed by atoms with E-state index in [0.717, 1.165) is 25.7 Å². The summed E-state index contributed by atoms with van der Waals surface area (Å²) in [5, 5.41) is 4.32. The Kier molecular flexibility index (Phi) is 7.63. The van der Waals surface area contributed by atoms with Crippen LogP contribution < -0.4 is 0 Å². The van der Waals surface area contributed by atoms with E-state index in [9.17, 15) is 4.79 Å². The van der Waals surface area contributed by atoms with Gasteiger partial charge >= 0.3 is 6.09 Å². The van der Waals surface area contributed by atoms with Gasteiger partial charge in [0.1, 0.15) is 11.7 Å². The van der Waals surface area contributed by atoms with Crippen molar-refractivity contribution >= 4 is 6.09 Å². The zero-order valence-corrected chi connectivity index (χ0v) is 20.0. The molecular weight excluding hydrogens is 398 g/mol. The van der Waals surface area contributed by atoms with Crippen molar-refractivity contribution in [3.8, 4) is 0 Å². The van der Waals surface area contributed by atoms with Gasteiger partial charge < -0.3 is 23.6 Å². The topological polar surface area (TPSA) is 86.9 Å². The third-order valence-electron chi connectivity index (χ3n) is 6.19. The van der Waals surface area contributed by atoms with E-state index in [-0.39, 0.29) is 17.6 Å². The molecule has 0 bridgehead atoms. The molecule has 1 aromatic rings. The van der Waals surface area contributed by atoms with E-state index < -0.39 is 18.0 Å². The Hall–Kier alpha value is -1.67. The fourth-order valence-corrected chi connectivity index (χ4v) is 4.60. The first kappa shape index (κ1) is 24.0. The number of carbonyl (C=O) groups is 1. The zero-order chi connectivity index (χ0) is 22.6. The smallest absolute Gasteiger partial charge is 0.410 e. The minimum Gasteiger partial charge on any atom is -0.444 e. The van der Waals surface area contributed by atoms with Gasteiger partial charge in [0.2, 0.25) is 11.7 Å². The third-order valence-corrected chi connectivity index (χ3v) is 6.19. The number of nitrogens with zero attached hydrogens (tertiary/aromatic N) is 3. The molecule has 3 rings (SSSR count). The molecule has 1 aliphatic heterocycles. The first-order valence-corrected chi connectivity index (χ1v) is 11.7. The molecule has 8 heteroatoms. The molecule has 2 fully saturated rings. The SMILES string of the molecule is CCOC(C)OC(c1noc(C2(C)CCCCC2)n1)[C@@H]1CCCN1C(=O)OC(C)(C)C. The van der Waals surface area contributed by atoms with Crippen LogP contribution >= 0.6 is 0 Å². The second kappa shape index (κ2) is 9.86. The third kappa shape index (κ3) is 5.98. The highest BCUT2D eigenvalue weighted by Gasteiger charge is 2.42. The number of hydrogen-bond donors (Lipinski definition) is 0. The Balaban J connectivity index is 1.85. The van der Waals surface area contributed by atoms with Crippen LogP contribution in [-0.2, 0) is 19.6 Å². The van der Waals surface area contributed by atoms with Crippen LogP contribution in [0, 0.1) is 0 Å². The molecule has 1 aliphatic carbocycles. The fraction of sp³-hybridized carbons (Fsp3) is 0.870. The monoisotopic (exact) mass is 437 g/mol. The molecule has 2 unspecified atom stereocenters. The average Bonchev–Trinajstić information content (AvgIpc) is 3.36. The van der Waals surface area contributed by atoms with Crippen molar-refractivity contribution in [3.05, 3.63) is 11.7 Å². The van der Waals surface area contributed by atoms with Gasteiger partial charge in [-0.15, -0.1) is 0 Å². The predicted molar refractivity (Wildman–Crippen MR) is 116 cm³/mol. The summed E-state index contributed by atoms with van der Waals surface area (Å²) in [6, 6.07) is -0.234. The molecule has 0 spiro atoms. The maximum absolute atomic E-state index is 12.9. The second-order valence-corrected chi connectivity index (χ2v) is 10.0. The zero-order valence-electron chi connectivity index (χ0n) is 20.0. The molecule has 2 aliphatic rings. The molecule has 3 atom stereocenters. The van der Waals surface area contributed by atoms with Gasteiger partial charge in [-0.05, 0) is 60.3 Å². The molecule has 0 N–H and O–H groups in total. The molecule has 2 heterocycles. The van der Waals surface area contributed by atoms with Crippen LogP contribution in [0.3, 0.4) is 0 Å². The van der Waals surface area contributed by atoms with Crippen LogP contribution in [-0.4, -0.2) is 52.2 Å². The standard InChI is InChI=1S/C23H39N3O5/c1-7-28-16(2)29-18(17-12-11-15-26(17)21(27)30-22(3,4)5)19-24-20(31-25-19)23(6)13-9-8-10-14-23/h16-18H,7-15H2,1-6H3/t16?,17-,18?/m0/s1. The summed E-state index contributed by atoms with van der Waals surface area (Å²) in [5.74, 6) is 1.15. The highest BCUT2D eigenvalue weighted by atomic mass is 16.7. The lowest BCUT2D eigenvalue weighted by atomic mass is 9.75. The van der Waals surface area contributed by atoms with E-state index in [2.05, 4.69) is 12.1 Å². The van der Waals surface area contributed by atoms with Gasteiger partial charge in [-0.3, -0.25) is 0 Å². The predicted octanol–water partition coefficient (Wildman–Crippen LogP) is 5.13. The number of amides is 1. The van der Waals surface area contributed by atoms with E-state index in [0.29, 0.717) is 24.9 Å². The van der Waals surface area contributed by atoms with Crippen molar-refractivity contribution in [2.24, 2.45) is 0 Å². The quantitative estimate of drug-likeness (QED) is 0.546. The van der Waals surface area contributed by atoms with Crippen LogP contribution in [0.5, 0.6) is 0 Å². The van der Waals surface area contributed by atoms with Crippen molar-refractivity contribution in [2.75, 3.05) is 13.2 Å². The number of carbonyl (C=O) groups excluding carboxylic acids is 1. The van der Waals surface area contributed by atoms with Crippen LogP contribution in [0.2, 0.25) is 0 Å². The molecule has 31 heavy (non-hydrogen) atoms. The summed E-state index contributed by atoms with van der Waals surface area (Å²) in [6.07, 6.45) is 6.00. The molecule has 1 saturated carbocycles. The number of ether oxygens (including phenoxy) is 3. The average molecular weight is 438 g/mol. The minimum absolute atomic E-state index is 0.0971. The van der Waals surface area contributed by atoms with Crippen LogP contribution in [0.4, 0.5) is 4.79 Å². The molecule has 1 aromatic heterocycles. The van der Waals surface area contributed by atoms with Gasteiger partial charge in [0.25, 0.3) is 0 Å². The summed E-state index contributed by atoms with van der Waals surface area (Å²) < 4.78 is 23.3. The fourth-order valence-electron chi connectivity index (χ4n) is 4.60. The van der Waals surface area contributed by atoms with Crippen LogP contribution in [0.25, 0.3) is 0 Å². The van der Waals surface area contributed by atoms with Crippen LogP contribution in [0.15, 0.2) is 4.52 Å². The van der Waals surface area contributed by atoms with Crippen molar-refractivity contribution in [1.29, 1.82) is 0 Å². The van der Waals surface area contributed by atoms with Gasteiger partial charge in [-0.2, -0.15) is 4.98 Å². The Morgan fingerprint density at radius 3 is 2.61 bits per heavy atom. The van der Waals surface area contributed by atoms with Crippen molar-refractivity contribution in [1.82, 2.24) is 15.0 Å². The molecular formula is C23H39N3O5. The lowest BCUT2D eigenvalue weighted by molar-refractivity contribution is -0.174. The maximum Gasteiger partial charge on any atom is 0.410 e. The van der Waals surface area contributed by atoms with Gasteiger partial charge in [0.05, 0.1) is 6.04 Å². The van der Waals surface area contributed by atoms with E-state index in [4.69, 9.17) is 23.7 Å². The van der Waals surface area contributed by atoms with Crippen LogP contribution in [0.1, 0.15) is 104 Å². The van der Waals surface area contributed by atoms with E-state index in [1.807, 2.05) is 34.6 Å². The molecule has 176 valence electrons. The first-order chi connectivity index (χ1) is 14.6. The second-order valence-electron chi connectivity index (χ2n) is 10.0. The van der Waals surface area contributed by atoms with Gasteiger partial charge in [0.15, 0.2) is 6.29 Å². The molecule has 0 aromatic carbocycles. The first-order valence-electron chi connectivity index (χ1n) is 11.7. The summed E-state index contributed by atoms with van der Waals surface area (Å²) in [6.45, 7) is 12.7. The Labute approximate surface area is 186 Å². The van der Waals surface area contributed by atoms with E-state index in [1.54, 1.807) is 4.90 Å². The number of hydrogen-bond acceptors (Lipinski definition) is 7. The minimum atomic E-state index is -0.561. The summed E-state index contributed by atoms with van der Waals surface area (Å²) in [5.41, 5.74) is -0.659. The highest BCUT2D eigenvalue weighted by Crippen LogP contribution is 2.39. The van der Waals surface area contributed by atoms with Crippen molar-refractivity contribution in [3.63, 3.8) is 0 Å². The summed E-state index contributed by atoms with van der Waals surface area (Å²) >= 11 is 0. The molecule has 1 amide bonds. The maximum atomic E-state index is 12.9. The normalized spacial score (nSPS) is 23.5. The number of likely N-dealkylation sites (tertiary alicyclic amines) is 1. The number of aromatic nitrogens is 2. The Morgan fingerprint density at radius 1 is 1.26 bits per heavy atom. The summed E-state index contributed by atoms with van der Waals surface area (Å²) in [7, 11) is 0. The van der Waals surface area contributed by atoms with Gasteiger partial charge in [0, 0.05) is 18.6 Å². The highest BCUT2D eigenvalue weighted by molar-refractivity contribution is 5.69. The van der Waals surface area contributed by atoms with E-state index in [1.165, 1.54) is 19.3 Å². The summed E-state index contributed by atoms with van der Waals surface area (Å²) in [4.78, 5) is 19.4. The molecule has 1 saturated heterocycles. The van der Waals surface area contributed by atoms with E-state index >= 15 is 0 Å². The largest absolute Gasteiger partial charge is 0.444 e. The lowest BCUT2D eigenvalue weighted by Gasteiger charge is -2.33. The Morgan fingerprint density at radius 2 is 1.97 bits per heavy atom. The van der Waals surface area contributed by atoms with Crippen molar-refractivity contribution in [2.45, 2.75) is 116 Å². The Bertz CT molecular complexity index is 723. The van der Waals surface area contributed by atoms with Gasteiger partial charge in [-0.25, -0.2) is 4.79 Å². The molecule has 0 radical (unpaired) electrons. The number of rotatable bonds is 7. The lowest BCUT2D eigenvalue weighted by Crippen LogP contribution is -2.44.